The van der Waals surface area contributed by atoms with Gasteiger partial charge in [-0.15, -0.1) is 0 Å². The molecular weight excluding hydrogens is 349 g/mol. The van der Waals surface area contributed by atoms with Crippen LogP contribution < -0.4 is 10.5 Å². The number of pyridine rings is 1. The maximum absolute atomic E-state index is 14.3. The van der Waals surface area contributed by atoms with Crippen molar-refractivity contribution in [2.45, 2.75) is 18.8 Å². The van der Waals surface area contributed by atoms with Crippen molar-refractivity contribution in [1.29, 1.82) is 5.41 Å². The number of halogens is 1. The summed E-state index contributed by atoms with van der Waals surface area (Å²) in [6.45, 7) is 0.276. The minimum Gasteiger partial charge on any atom is -0.492 e. The Morgan fingerprint density at radius 1 is 1.41 bits per heavy atom. The number of hydrogen-bond donors (Lipinski definition) is 3. The van der Waals surface area contributed by atoms with Crippen molar-refractivity contribution in [3.8, 4) is 5.75 Å². The molecule has 0 aliphatic heterocycles. The van der Waals surface area contributed by atoms with E-state index < -0.39 is 11.9 Å². The van der Waals surface area contributed by atoms with E-state index in [9.17, 15) is 9.18 Å². The van der Waals surface area contributed by atoms with Crippen LogP contribution in [0.25, 0.3) is 0 Å². The number of nitrogens with two attached hydrogens (primary N) is 1. The molecule has 1 saturated carbocycles. The van der Waals surface area contributed by atoms with E-state index in [2.05, 4.69) is 4.98 Å². The van der Waals surface area contributed by atoms with Gasteiger partial charge in [-0.1, -0.05) is 12.1 Å². The quantitative estimate of drug-likeness (QED) is 0.620. The van der Waals surface area contributed by atoms with Gasteiger partial charge in [-0.2, -0.15) is 0 Å². The van der Waals surface area contributed by atoms with Crippen LogP contribution in [0.15, 0.2) is 48.8 Å². The van der Waals surface area contributed by atoms with Crippen molar-refractivity contribution in [2.75, 3.05) is 6.61 Å². The summed E-state index contributed by atoms with van der Waals surface area (Å²) in [6, 6.07) is 8.25. The first-order valence-electron chi connectivity index (χ1n) is 8.56. The average molecular weight is 369 g/mol. The largest absolute Gasteiger partial charge is 0.492 e. The second-order valence-electron chi connectivity index (χ2n) is 6.39. The number of allylic oxidation sites excluding steroid dienone is 1. The molecule has 27 heavy (non-hydrogen) atoms. The highest BCUT2D eigenvalue weighted by Crippen LogP contribution is 2.47. The smallest absolute Gasteiger partial charge is 0.307 e. The van der Waals surface area contributed by atoms with Crippen LogP contribution in [0.5, 0.6) is 5.75 Å². The molecule has 1 fully saturated rings. The van der Waals surface area contributed by atoms with E-state index in [0.29, 0.717) is 29.8 Å². The summed E-state index contributed by atoms with van der Waals surface area (Å²) in [5.41, 5.74) is 7.18. The van der Waals surface area contributed by atoms with Crippen LogP contribution in [0.3, 0.4) is 0 Å². The third kappa shape index (κ3) is 4.49. The standard InChI is InChI=1S/C20H20FN3O3/c21-17-9-13(15-10-16(15)20(25)26)2-1-12(17)6-8-27-14-3-4-19(24-11-14)18(23)5-7-22/h1-5,7,9,11,15-16,23H,6,8,10,22H2,(H,25,26). The van der Waals surface area contributed by atoms with E-state index in [1.807, 2.05) is 0 Å². The van der Waals surface area contributed by atoms with Crippen LogP contribution in [-0.4, -0.2) is 28.4 Å². The van der Waals surface area contributed by atoms with Crippen molar-refractivity contribution in [3.05, 3.63) is 71.4 Å². The van der Waals surface area contributed by atoms with Crippen molar-refractivity contribution >= 4 is 11.7 Å². The molecule has 2 atom stereocenters. The number of aliphatic carboxylic acids is 1. The summed E-state index contributed by atoms with van der Waals surface area (Å²) in [6.07, 6.45) is 5.17. The highest BCUT2D eigenvalue weighted by Gasteiger charge is 2.44. The fourth-order valence-electron chi connectivity index (χ4n) is 2.92. The van der Waals surface area contributed by atoms with Gasteiger partial charge >= 0.3 is 5.97 Å². The van der Waals surface area contributed by atoms with Gasteiger partial charge in [-0.25, -0.2) is 4.39 Å². The first kappa shape index (κ1) is 18.6. The summed E-state index contributed by atoms with van der Waals surface area (Å²) in [4.78, 5) is 15.0. The number of nitrogens with zero attached hydrogens (tertiary/aromatic N) is 1. The predicted molar refractivity (Wildman–Crippen MR) is 98.5 cm³/mol. The van der Waals surface area contributed by atoms with Gasteiger partial charge in [0.2, 0.25) is 0 Å². The summed E-state index contributed by atoms with van der Waals surface area (Å²) in [5.74, 6) is -1.12. The zero-order chi connectivity index (χ0) is 19.4. The maximum atomic E-state index is 14.3. The Balaban J connectivity index is 1.53. The van der Waals surface area contributed by atoms with Crippen LogP contribution >= 0.6 is 0 Å². The Morgan fingerprint density at radius 3 is 2.81 bits per heavy atom. The zero-order valence-electron chi connectivity index (χ0n) is 14.6. The topological polar surface area (TPSA) is 109 Å². The Bertz CT molecular complexity index is 881. The van der Waals surface area contributed by atoms with Crippen LogP contribution in [0.4, 0.5) is 4.39 Å². The van der Waals surface area contributed by atoms with Crippen LogP contribution in [0.2, 0.25) is 0 Å². The Morgan fingerprint density at radius 2 is 2.22 bits per heavy atom. The molecule has 6 nitrogen and oxygen atoms in total. The molecule has 140 valence electrons. The zero-order valence-corrected chi connectivity index (χ0v) is 14.6. The monoisotopic (exact) mass is 369 g/mol. The summed E-state index contributed by atoms with van der Waals surface area (Å²) in [5, 5.41) is 16.7. The number of benzene rings is 1. The molecule has 1 heterocycles. The third-order valence-electron chi connectivity index (χ3n) is 4.53. The Labute approximate surface area is 156 Å². The van der Waals surface area contributed by atoms with Gasteiger partial charge in [0.25, 0.3) is 0 Å². The molecule has 0 amide bonds. The minimum atomic E-state index is -0.827. The molecule has 0 spiro atoms. The fourth-order valence-corrected chi connectivity index (χ4v) is 2.92. The van der Waals surface area contributed by atoms with Crippen molar-refractivity contribution in [1.82, 2.24) is 4.98 Å². The highest BCUT2D eigenvalue weighted by atomic mass is 19.1. The number of aromatic nitrogens is 1. The highest BCUT2D eigenvalue weighted by molar-refractivity contribution is 6.04. The Kier molecular flexibility index (Phi) is 5.49. The second kappa shape index (κ2) is 7.99. The molecule has 0 saturated heterocycles. The van der Waals surface area contributed by atoms with Crippen LogP contribution in [0, 0.1) is 17.1 Å². The van der Waals surface area contributed by atoms with Crippen molar-refractivity contribution in [2.24, 2.45) is 11.7 Å². The first-order chi connectivity index (χ1) is 13.0. The van der Waals surface area contributed by atoms with Crippen molar-refractivity contribution in [3.63, 3.8) is 0 Å². The lowest BCUT2D eigenvalue weighted by Gasteiger charge is -2.08. The SMILES string of the molecule is N=C(C=CN)c1ccc(OCCc2ccc(C3CC3C(=O)O)cc2F)cn1. The van der Waals surface area contributed by atoms with Crippen LogP contribution in [0.1, 0.15) is 29.2 Å². The average Bonchev–Trinajstić information content (AvgIpc) is 3.45. The molecule has 1 aromatic heterocycles. The molecule has 0 bridgehead atoms. The van der Waals surface area contributed by atoms with E-state index in [1.165, 1.54) is 24.5 Å². The lowest BCUT2D eigenvalue weighted by atomic mass is 10.0. The molecule has 3 rings (SSSR count). The number of carboxylic acids is 1. The molecule has 1 aliphatic carbocycles. The molecule has 2 aromatic rings. The van der Waals surface area contributed by atoms with Gasteiger partial charge in [0.15, 0.2) is 0 Å². The van der Waals surface area contributed by atoms with Gasteiger partial charge in [-0.05, 0) is 53.9 Å². The van der Waals surface area contributed by atoms with E-state index in [-0.39, 0.29) is 24.1 Å². The number of ether oxygens (including phenoxy) is 1. The molecule has 2 unspecified atom stereocenters. The van der Waals surface area contributed by atoms with Gasteiger partial charge in [0.05, 0.1) is 30.1 Å². The van der Waals surface area contributed by atoms with Gasteiger partial charge in [-0.3, -0.25) is 15.2 Å². The van der Waals surface area contributed by atoms with Gasteiger partial charge < -0.3 is 15.6 Å². The van der Waals surface area contributed by atoms with E-state index in [1.54, 1.807) is 24.3 Å². The third-order valence-corrected chi connectivity index (χ3v) is 4.53. The summed E-state index contributed by atoms with van der Waals surface area (Å²) in [7, 11) is 0. The van der Waals surface area contributed by atoms with Gasteiger partial charge in [0, 0.05) is 6.42 Å². The number of nitrogens with one attached hydrogen (secondary N) is 1. The van der Waals surface area contributed by atoms with Crippen LogP contribution in [-0.2, 0) is 11.2 Å². The van der Waals surface area contributed by atoms with Gasteiger partial charge in [0.1, 0.15) is 11.6 Å². The lowest BCUT2D eigenvalue weighted by molar-refractivity contribution is -0.138. The predicted octanol–water partition coefficient (Wildman–Crippen LogP) is 2.87. The fraction of sp³-hybridized carbons (Fsp3) is 0.250. The number of carbonyl (C=O) groups is 1. The molecule has 4 N–H and O–H groups in total. The first-order valence-corrected chi connectivity index (χ1v) is 8.56. The van der Waals surface area contributed by atoms with Crippen molar-refractivity contribution < 1.29 is 19.0 Å². The molecule has 1 aromatic carbocycles. The molecule has 0 radical (unpaired) electrons. The molecule has 1 aliphatic rings. The normalized spacial score (nSPS) is 18.4. The number of hydrogen-bond acceptors (Lipinski definition) is 5. The summed E-state index contributed by atoms with van der Waals surface area (Å²) >= 11 is 0. The lowest BCUT2D eigenvalue weighted by Crippen LogP contribution is -2.05. The minimum absolute atomic E-state index is 0.0836. The van der Waals surface area contributed by atoms with E-state index in [0.717, 1.165) is 5.56 Å². The van der Waals surface area contributed by atoms with E-state index in [4.69, 9.17) is 21.0 Å². The molecule has 7 heteroatoms. The van der Waals surface area contributed by atoms with E-state index >= 15 is 0 Å². The number of rotatable bonds is 8. The second-order valence-corrected chi connectivity index (χ2v) is 6.39. The maximum Gasteiger partial charge on any atom is 0.307 e. The summed E-state index contributed by atoms with van der Waals surface area (Å²) < 4.78 is 19.8. The Hall–Kier alpha value is -3.22. The number of carboxylic acid groups (broad SMARTS) is 1. The molecular formula is C20H20FN3O3.